The van der Waals surface area contributed by atoms with Gasteiger partial charge in [0.2, 0.25) is 5.91 Å². The number of rotatable bonds is 21. The molecule has 6 heteroatoms. The van der Waals surface area contributed by atoms with Crippen molar-refractivity contribution in [2.24, 2.45) is 23.5 Å². The van der Waals surface area contributed by atoms with Crippen LogP contribution in [0.2, 0.25) is 0 Å². The summed E-state index contributed by atoms with van der Waals surface area (Å²) in [5.41, 5.74) is 7.64. The first-order valence-corrected chi connectivity index (χ1v) is 15.5. The second-order valence-electron chi connectivity index (χ2n) is 11.4. The topological polar surface area (TPSA) is 85.1 Å². The van der Waals surface area contributed by atoms with E-state index in [1.54, 1.807) is 18.0 Å². The van der Waals surface area contributed by atoms with Crippen molar-refractivity contribution in [3.8, 4) is 0 Å². The van der Waals surface area contributed by atoms with Gasteiger partial charge in [-0.2, -0.15) is 11.8 Å². The fourth-order valence-electron chi connectivity index (χ4n) is 4.51. The average Bonchev–Trinajstić information content (AvgIpc) is 2.81. The number of ketones is 1. The number of hydrogen-bond donors (Lipinski definition) is 2. The van der Waals surface area contributed by atoms with Crippen LogP contribution in [0.5, 0.6) is 0 Å². The van der Waals surface area contributed by atoms with Crippen molar-refractivity contribution in [1.29, 1.82) is 0 Å². The third-order valence-electron chi connectivity index (χ3n) is 7.03. The summed E-state index contributed by atoms with van der Waals surface area (Å²) in [4.78, 5) is 28.2. The first-order valence-electron chi connectivity index (χ1n) is 14.3. The number of carbonyl (C=O) groups excluding carboxylic acids is 2. The van der Waals surface area contributed by atoms with Gasteiger partial charge in [0.25, 0.3) is 0 Å². The molecule has 1 rings (SSSR count). The maximum atomic E-state index is 12.6. The lowest BCUT2D eigenvalue weighted by Crippen LogP contribution is -2.35. The molecule has 5 nitrogen and oxygen atoms in total. The average molecular weight is 532 g/mol. The van der Waals surface area contributed by atoms with Crippen LogP contribution in [0, 0.1) is 24.7 Å². The first-order chi connectivity index (χ1) is 17.6. The number of amides is 1. The van der Waals surface area contributed by atoms with Gasteiger partial charge in [0.15, 0.2) is 5.78 Å². The molecule has 1 aromatic heterocycles. The molecule has 0 spiro atoms. The van der Waals surface area contributed by atoms with E-state index in [9.17, 15) is 9.59 Å². The number of Topliss-reactive ketones (excluding diaryl/α,β-unsaturated/α-hetero) is 1. The number of hydrogen-bond acceptors (Lipinski definition) is 5. The Bertz CT molecular complexity index is 824. The van der Waals surface area contributed by atoms with Crippen molar-refractivity contribution in [3.05, 3.63) is 35.5 Å². The predicted molar refractivity (Wildman–Crippen MR) is 161 cm³/mol. The highest BCUT2D eigenvalue weighted by Gasteiger charge is 2.21. The molecule has 0 saturated carbocycles. The Morgan fingerprint density at radius 2 is 1.65 bits per heavy atom. The fraction of sp³-hybridized carbons (Fsp3) is 0.710. The van der Waals surface area contributed by atoms with E-state index in [0.29, 0.717) is 11.6 Å². The summed E-state index contributed by atoms with van der Waals surface area (Å²) in [7, 11) is 0. The van der Waals surface area contributed by atoms with Gasteiger partial charge < -0.3 is 11.1 Å². The van der Waals surface area contributed by atoms with E-state index in [-0.39, 0.29) is 12.2 Å². The molecular formula is C31H53N3O2S. The lowest BCUT2D eigenvalue weighted by molar-refractivity contribution is -0.126. The van der Waals surface area contributed by atoms with Gasteiger partial charge >= 0.3 is 0 Å². The van der Waals surface area contributed by atoms with Crippen molar-refractivity contribution < 1.29 is 9.59 Å². The SMILES string of the molecule is CC(=CCSCC(Nc1ncccc1C)C(=O)CC(N)=O)CCCC(C)CCCC(C)CCCC(C)C. The van der Waals surface area contributed by atoms with E-state index in [0.717, 1.165) is 35.5 Å². The third-order valence-corrected chi connectivity index (χ3v) is 8.00. The second kappa shape index (κ2) is 19.3. The molecule has 1 heterocycles. The van der Waals surface area contributed by atoms with Crippen LogP contribution in [0.25, 0.3) is 0 Å². The molecule has 1 aromatic rings. The van der Waals surface area contributed by atoms with Crippen molar-refractivity contribution >= 4 is 29.3 Å². The van der Waals surface area contributed by atoms with Crippen LogP contribution in [0.3, 0.4) is 0 Å². The van der Waals surface area contributed by atoms with Crippen LogP contribution in [0.4, 0.5) is 5.82 Å². The van der Waals surface area contributed by atoms with Crippen LogP contribution in [0.15, 0.2) is 30.0 Å². The van der Waals surface area contributed by atoms with Gasteiger partial charge in [0, 0.05) is 17.7 Å². The molecule has 0 fully saturated rings. The molecule has 37 heavy (non-hydrogen) atoms. The molecule has 0 radical (unpaired) electrons. The largest absolute Gasteiger partial charge is 0.369 e. The number of primary amides is 1. The molecule has 3 N–H and O–H groups in total. The summed E-state index contributed by atoms with van der Waals surface area (Å²) in [5.74, 6) is 3.79. The maximum Gasteiger partial charge on any atom is 0.224 e. The highest BCUT2D eigenvalue weighted by atomic mass is 32.2. The van der Waals surface area contributed by atoms with E-state index in [4.69, 9.17) is 5.73 Å². The number of nitrogens with zero attached hydrogens (tertiary/aromatic N) is 1. The summed E-state index contributed by atoms with van der Waals surface area (Å²) in [5, 5.41) is 3.22. The van der Waals surface area contributed by atoms with Gasteiger partial charge in [-0.25, -0.2) is 4.98 Å². The van der Waals surface area contributed by atoms with Crippen LogP contribution in [-0.4, -0.2) is 34.2 Å². The number of allylic oxidation sites excluding steroid dienone is 1. The molecule has 0 saturated heterocycles. The molecule has 3 unspecified atom stereocenters. The summed E-state index contributed by atoms with van der Waals surface area (Å²) >= 11 is 1.69. The van der Waals surface area contributed by atoms with Crippen molar-refractivity contribution in [2.45, 2.75) is 112 Å². The number of nitrogens with two attached hydrogens (primary N) is 1. The van der Waals surface area contributed by atoms with E-state index < -0.39 is 11.9 Å². The Labute approximate surface area is 231 Å². The summed E-state index contributed by atoms with van der Waals surface area (Å²) in [6.07, 6.45) is 15.6. The van der Waals surface area contributed by atoms with E-state index in [2.05, 4.69) is 51.0 Å². The van der Waals surface area contributed by atoms with Gasteiger partial charge in [-0.15, -0.1) is 0 Å². The molecule has 0 aromatic carbocycles. The molecule has 3 atom stereocenters. The van der Waals surface area contributed by atoms with E-state index in [1.807, 2.05) is 19.1 Å². The van der Waals surface area contributed by atoms with Crippen LogP contribution in [0.1, 0.15) is 104 Å². The van der Waals surface area contributed by atoms with E-state index >= 15 is 0 Å². The first kappa shape index (κ1) is 33.2. The zero-order chi connectivity index (χ0) is 27.6. The normalized spacial score (nSPS) is 14.4. The van der Waals surface area contributed by atoms with Gasteiger partial charge in [0.1, 0.15) is 5.82 Å². The summed E-state index contributed by atoms with van der Waals surface area (Å²) in [6.45, 7) is 13.6. The zero-order valence-electron chi connectivity index (χ0n) is 24.4. The molecular weight excluding hydrogens is 478 g/mol. The van der Waals surface area contributed by atoms with Crippen LogP contribution >= 0.6 is 11.8 Å². The van der Waals surface area contributed by atoms with E-state index in [1.165, 1.54) is 56.9 Å². The van der Waals surface area contributed by atoms with Crippen LogP contribution < -0.4 is 11.1 Å². The quantitative estimate of drug-likeness (QED) is 0.0963. The molecule has 0 aliphatic rings. The number of anilines is 1. The molecule has 210 valence electrons. The lowest BCUT2D eigenvalue weighted by Gasteiger charge is -2.18. The van der Waals surface area contributed by atoms with Gasteiger partial charge in [-0.3, -0.25) is 9.59 Å². The number of pyridine rings is 1. The number of aryl methyl sites for hydroxylation is 1. The Kier molecular flexibility index (Phi) is 17.3. The van der Waals surface area contributed by atoms with Gasteiger partial charge in [-0.1, -0.05) is 90.4 Å². The number of carbonyl (C=O) groups is 2. The Morgan fingerprint density at radius 3 is 2.24 bits per heavy atom. The number of aromatic nitrogens is 1. The minimum Gasteiger partial charge on any atom is -0.369 e. The minimum absolute atomic E-state index is 0.190. The third kappa shape index (κ3) is 16.6. The molecule has 1 amide bonds. The van der Waals surface area contributed by atoms with Crippen molar-refractivity contribution in [1.82, 2.24) is 4.98 Å². The number of nitrogens with one attached hydrogen (secondary N) is 1. The predicted octanol–water partition coefficient (Wildman–Crippen LogP) is 7.73. The van der Waals surface area contributed by atoms with Crippen molar-refractivity contribution in [2.75, 3.05) is 16.8 Å². The highest BCUT2D eigenvalue weighted by molar-refractivity contribution is 7.99. The standard InChI is InChI=1S/C31H53N3O2S/c1-23(2)11-7-12-24(3)13-8-14-25(4)15-9-16-26(5)18-20-37-22-28(29(35)21-30(32)36)34-31-27(6)17-10-19-33-31/h10,17-19,23-25,28H,7-9,11-16,20-22H2,1-6H3,(H2,32,36)(H,33,34). The summed E-state index contributed by atoms with van der Waals surface area (Å²) in [6, 6.07) is 3.32. The maximum absolute atomic E-state index is 12.6. The summed E-state index contributed by atoms with van der Waals surface area (Å²) < 4.78 is 0. The zero-order valence-corrected chi connectivity index (χ0v) is 25.2. The smallest absolute Gasteiger partial charge is 0.224 e. The number of thioether (sulfide) groups is 1. The Hall–Kier alpha value is -1.82. The highest BCUT2D eigenvalue weighted by Crippen LogP contribution is 2.22. The Morgan fingerprint density at radius 1 is 1.03 bits per heavy atom. The minimum atomic E-state index is -0.597. The monoisotopic (exact) mass is 531 g/mol. The van der Waals surface area contributed by atoms with Gasteiger partial charge in [-0.05, 0) is 56.1 Å². The second-order valence-corrected chi connectivity index (χ2v) is 12.5. The molecule has 0 aliphatic heterocycles. The Balaban J connectivity index is 2.31. The van der Waals surface area contributed by atoms with Crippen LogP contribution in [-0.2, 0) is 9.59 Å². The fourth-order valence-corrected chi connectivity index (χ4v) is 5.55. The van der Waals surface area contributed by atoms with Gasteiger partial charge in [0.05, 0.1) is 12.5 Å². The molecule has 0 bridgehead atoms. The van der Waals surface area contributed by atoms with Crippen molar-refractivity contribution in [3.63, 3.8) is 0 Å². The molecule has 0 aliphatic carbocycles. The lowest BCUT2D eigenvalue weighted by atomic mass is 9.91.